The number of rotatable bonds is 5. The highest BCUT2D eigenvalue weighted by Gasteiger charge is 2.47. The highest BCUT2D eigenvalue weighted by Crippen LogP contribution is 2.44. The van der Waals surface area contributed by atoms with E-state index in [0.29, 0.717) is 22.6 Å². The summed E-state index contributed by atoms with van der Waals surface area (Å²) in [5.41, 5.74) is 1.59. The van der Waals surface area contributed by atoms with Gasteiger partial charge in [0.1, 0.15) is 17.1 Å². The number of hydrogen-bond donors (Lipinski definition) is 3. The lowest BCUT2D eigenvalue weighted by Gasteiger charge is -2.34. The average Bonchev–Trinajstić information content (AvgIpc) is 3.22. The van der Waals surface area contributed by atoms with Crippen LogP contribution in [0.15, 0.2) is 54.7 Å². The Morgan fingerprint density at radius 1 is 1.27 bits per heavy atom. The quantitative estimate of drug-likeness (QED) is 0.506. The van der Waals surface area contributed by atoms with E-state index in [0.717, 1.165) is 10.9 Å². The van der Waals surface area contributed by atoms with Gasteiger partial charge < -0.3 is 20.5 Å². The van der Waals surface area contributed by atoms with Crippen molar-refractivity contribution in [2.75, 3.05) is 17.7 Å². The third-order valence-corrected chi connectivity index (χ3v) is 5.61. The number of benzene rings is 2. The molecule has 0 radical (unpaired) electrons. The van der Waals surface area contributed by atoms with E-state index in [4.69, 9.17) is 4.74 Å². The molecule has 33 heavy (non-hydrogen) atoms. The first-order valence-corrected chi connectivity index (χ1v) is 10.3. The molecule has 0 fully saturated rings. The van der Waals surface area contributed by atoms with Crippen molar-refractivity contribution in [3.63, 3.8) is 0 Å². The number of ether oxygens (including phenoxy) is 1. The van der Waals surface area contributed by atoms with E-state index in [1.54, 1.807) is 55.5 Å². The monoisotopic (exact) mass is 460 g/mol. The van der Waals surface area contributed by atoms with E-state index in [-0.39, 0.29) is 17.8 Å². The molecule has 1 aliphatic rings. The summed E-state index contributed by atoms with van der Waals surface area (Å²) in [7, 11) is 1.48. The number of aliphatic hydroxyl groups excluding tert-OH is 1. The fourth-order valence-corrected chi connectivity index (χ4v) is 3.88. The number of hydrogen-bond acceptors (Lipinski definition) is 5. The molecule has 0 saturated heterocycles. The molecule has 3 atom stereocenters. The van der Waals surface area contributed by atoms with Gasteiger partial charge in [-0.05, 0) is 42.3 Å². The molecule has 3 aromatic rings. The summed E-state index contributed by atoms with van der Waals surface area (Å²) >= 11 is 0. The zero-order chi connectivity index (χ0) is 23.8. The molecule has 0 spiro atoms. The van der Waals surface area contributed by atoms with Crippen LogP contribution in [0.4, 0.5) is 24.7 Å². The van der Waals surface area contributed by atoms with Gasteiger partial charge in [-0.1, -0.05) is 24.3 Å². The Morgan fingerprint density at radius 3 is 2.73 bits per heavy atom. The van der Waals surface area contributed by atoms with Crippen LogP contribution in [0.3, 0.4) is 0 Å². The lowest BCUT2D eigenvalue weighted by Crippen LogP contribution is -2.36. The van der Waals surface area contributed by atoms with Gasteiger partial charge >= 0.3 is 6.18 Å². The number of methoxy groups -OCH3 is 1. The van der Waals surface area contributed by atoms with Crippen LogP contribution in [0.2, 0.25) is 0 Å². The molecule has 2 aromatic carbocycles. The molecule has 1 amide bonds. The Bertz CT molecular complexity index is 1160. The van der Waals surface area contributed by atoms with E-state index < -0.39 is 30.3 Å². The minimum atomic E-state index is -4.56. The largest absolute Gasteiger partial charge is 0.497 e. The van der Waals surface area contributed by atoms with Crippen molar-refractivity contribution in [1.29, 1.82) is 0 Å². The summed E-state index contributed by atoms with van der Waals surface area (Å²) in [6.07, 6.45) is -4.45. The summed E-state index contributed by atoms with van der Waals surface area (Å²) in [6, 6.07) is 10.8. The van der Waals surface area contributed by atoms with Gasteiger partial charge in [-0.25, -0.2) is 4.68 Å². The maximum Gasteiger partial charge on any atom is 0.410 e. The maximum absolute atomic E-state index is 13.9. The van der Waals surface area contributed by atoms with Crippen LogP contribution in [0, 0.1) is 0 Å². The molecular weight excluding hydrogens is 437 g/mol. The second-order valence-corrected chi connectivity index (χ2v) is 7.87. The van der Waals surface area contributed by atoms with Gasteiger partial charge in [-0.2, -0.15) is 18.3 Å². The molecule has 10 heteroatoms. The molecule has 0 bridgehead atoms. The normalized spacial score (nSPS) is 18.7. The molecular formula is C23H23F3N4O3. The molecule has 1 aliphatic heterocycles. The first-order chi connectivity index (χ1) is 15.7. The summed E-state index contributed by atoms with van der Waals surface area (Å²) in [6.45, 7) is 1.59. The van der Waals surface area contributed by atoms with Crippen LogP contribution < -0.4 is 15.4 Å². The summed E-state index contributed by atoms with van der Waals surface area (Å²) in [5.74, 6) is -0.104. The van der Waals surface area contributed by atoms with Crippen molar-refractivity contribution in [2.24, 2.45) is 0 Å². The van der Waals surface area contributed by atoms with E-state index in [1.807, 2.05) is 0 Å². The second kappa shape index (κ2) is 8.78. The zero-order valence-corrected chi connectivity index (χ0v) is 17.9. The molecule has 2 heterocycles. The first kappa shape index (κ1) is 22.7. The van der Waals surface area contributed by atoms with Crippen LogP contribution in [-0.4, -0.2) is 34.1 Å². The minimum absolute atomic E-state index is 0.0134. The summed E-state index contributed by atoms with van der Waals surface area (Å²) < 4.78 is 47.7. The SMILES string of the molecule is COc1cccc([C@@H]2C[C@H](C(F)(F)F)n3ncc(C(=O)Nc4cccc([C@@H](C)O)c4)c3N2)c1. The Balaban J connectivity index is 1.67. The Hall–Kier alpha value is -3.53. The molecule has 7 nitrogen and oxygen atoms in total. The smallest absolute Gasteiger partial charge is 0.410 e. The van der Waals surface area contributed by atoms with Crippen LogP contribution in [0.1, 0.15) is 53.0 Å². The minimum Gasteiger partial charge on any atom is -0.497 e. The van der Waals surface area contributed by atoms with Crippen molar-refractivity contribution in [3.8, 4) is 5.75 Å². The van der Waals surface area contributed by atoms with E-state index in [1.165, 1.54) is 7.11 Å². The zero-order valence-electron chi connectivity index (χ0n) is 17.9. The van der Waals surface area contributed by atoms with Crippen LogP contribution in [-0.2, 0) is 0 Å². The standard InChI is InChI=1S/C23H23F3N4O3/c1-13(31)14-5-3-7-16(9-14)28-22(32)18-12-27-30-20(23(24,25)26)11-19(29-21(18)30)15-6-4-8-17(10-15)33-2/h3-10,12-13,19-20,29,31H,11H2,1-2H3,(H,28,32)/t13-,19+,20-/m1/s1. The van der Waals surface area contributed by atoms with Gasteiger partial charge in [-0.15, -0.1) is 0 Å². The van der Waals surface area contributed by atoms with Crippen LogP contribution >= 0.6 is 0 Å². The summed E-state index contributed by atoms with van der Waals surface area (Å²) in [4.78, 5) is 13.0. The number of amides is 1. The van der Waals surface area contributed by atoms with Crippen molar-refractivity contribution < 1.29 is 27.8 Å². The van der Waals surface area contributed by atoms with Gasteiger partial charge in [-0.3, -0.25) is 4.79 Å². The number of carbonyl (C=O) groups excluding carboxylic acids is 1. The lowest BCUT2D eigenvalue weighted by atomic mass is 9.96. The number of nitrogens with zero attached hydrogens (tertiary/aromatic N) is 2. The lowest BCUT2D eigenvalue weighted by molar-refractivity contribution is -0.173. The predicted molar refractivity (Wildman–Crippen MR) is 116 cm³/mol. The first-order valence-electron chi connectivity index (χ1n) is 10.3. The van der Waals surface area contributed by atoms with Crippen molar-refractivity contribution >= 4 is 17.4 Å². The number of anilines is 2. The maximum atomic E-state index is 13.9. The molecule has 1 aromatic heterocycles. The van der Waals surface area contributed by atoms with Gasteiger partial charge in [0.25, 0.3) is 5.91 Å². The Morgan fingerprint density at radius 2 is 2.03 bits per heavy atom. The Kier molecular flexibility index (Phi) is 6.03. The number of alkyl halides is 3. The average molecular weight is 460 g/mol. The third kappa shape index (κ3) is 4.65. The number of aromatic nitrogens is 2. The molecule has 174 valence electrons. The molecule has 0 unspecified atom stereocenters. The highest BCUT2D eigenvalue weighted by molar-refractivity contribution is 6.07. The van der Waals surface area contributed by atoms with Crippen molar-refractivity contribution in [3.05, 3.63) is 71.4 Å². The van der Waals surface area contributed by atoms with E-state index >= 15 is 0 Å². The van der Waals surface area contributed by atoms with E-state index in [9.17, 15) is 23.1 Å². The van der Waals surface area contributed by atoms with Gasteiger partial charge in [0.2, 0.25) is 0 Å². The van der Waals surface area contributed by atoms with Crippen molar-refractivity contribution in [1.82, 2.24) is 9.78 Å². The van der Waals surface area contributed by atoms with Gasteiger partial charge in [0.15, 0.2) is 6.04 Å². The second-order valence-electron chi connectivity index (χ2n) is 7.87. The highest BCUT2D eigenvalue weighted by atomic mass is 19.4. The summed E-state index contributed by atoms with van der Waals surface area (Å²) in [5, 5.41) is 19.4. The molecule has 3 N–H and O–H groups in total. The topological polar surface area (TPSA) is 88.4 Å². The third-order valence-electron chi connectivity index (χ3n) is 5.61. The molecule has 4 rings (SSSR count). The molecule has 0 aliphatic carbocycles. The van der Waals surface area contributed by atoms with Crippen molar-refractivity contribution in [2.45, 2.75) is 37.7 Å². The fraction of sp³-hybridized carbons (Fsp3) is 0.304. The van der Waals surface area contributed by atoms with Gasteiger partial charge in [0.05, 0.1) is 25.5 Å². The van der Waals surface area contributed by atoms with Gasteiger partial charge in [0, 0.05) is 12.1 Å². The number of aliphatic hydroxyl groups is 1. The fourth-order valence-electron chi connectivity index (χ4n) is 3.88. The van der Waals surface area contributed by atoms with E-state index in [2.05, 4.69) is 15.7 Å². The Labute approximate surface area is 188 Å². The van der Waals surface area contributed by atoms with Crippen LogP contribution in [0.25, 0.3) is 0 Å². The number of fused-ring (bicyclic) bond motifs is 1. The number of halogens is 3. The molecule has 0 saturated carbocycles. The van der Waals surface area contributed by atoms with Crippen LogP contribution in [0.5, 0.6) is 5.75 Å². The predicted octanol–water partition coefficient (Wildman–Crippen LogP) is 4.86. The number of carbonyl (C=O) groups is 1. The number of nitrogens with one attached hydrogen (secondary N) is 2.